The third kappa shape index (κ3) is 3.61. The van der Waals surface area contributed by atoms with Crippen molar-refractivity contribution in [3.05, 3.63) is 62.5 Å². The van der Waals surface area contributed by atoms with Crippen LogP contribution in [0.2, 0.25) is 10.0 Å². The Kier molecular flexibility index (Phi) is 4.94. The molecule has 1 aliphatic rings. The molecule has 2 amide bonds. The van der Waals surface area contributed by atoms with Gasteiger partial charge < -0.3 is 10.2 Å². The van der Waals surface area contributed by atoms with Gasteiger partial charge in [0.1, 0.15) is 11.5 Å². The molecule has 8 heteroatoms. The molecular formula is C17H11Cl2NO4S. The van der Waals surface area contributed by atoms with Crippen LogP contribution in [0.4, 0.5) is 4.79 Å². The summed E-state index contributed by atoms with van der Waals surface area (Å²) in [6, 6.07) is 8.91. The van der Waals surface area contributed by atoms with Crippen LogP contribution in [-0.4, -0.2) is 26.3 Å². The molecule has 0 radical (unpaired) electrons. The van der Waals surface area contributed by atoms with E-state index in [4.69, 9.17) is 23.2 Å². The lowest BCUT2D eigenvalue weighted by Crippen LogP contribution is -2.27. The van der Waals surface area contributed by atoms with Crippen LogP contribution in [0.5, 0.6) is 11.5 Å². The second kappa shape index (κ2) is 7.00. The van der Waals surface area contributed by atoms with Crippen LogP contribution in [0.25, 0.3) is 6.08 Å². The molecule has 0 atom stereocenters. The quantitative estimate of drug-likeness (QED) is 0.739. The predicted molar refractivity (Wildman–Crippen MR) is 97.7 cm³/mol. The molecule has 2 aromatic carbocycles. The molecule has 0 aliphatic carbocycles. The zero-order chi connectivity index (χ0) is 18.1. The molecule has 1 aliphatic heterocycles. The van der Waals surface area contributed by atoms with Crippen molar-refractivity contribution in [2.75, 3.05) is 0 Å². The van der Waals surface area contributed by atoms with Crippen molar-refractivity contribution < 1.29 is 19.8 Å². The fourth-order valence-corrected chi connectivity index (χ4v) is 3.62. The third-order valence-electron chi connectivity index (χ3n) is 3.55. The highest BCUT2D eigenvalue weighted by atomic mass is 35.5. The predicted octanol–water partition coefficient (Wildman–Crippen LogP) is 4.64. The summed E-state index contributed by atoms with van der Waals surface area (Å²) in [5.41, 5.74) is 0.806. The van der Waals surface area contributed by atoms with Gasteiger partial charge in [0.05, 0.1) is 11.4 Å². The number of phenolic OH excluding ortho intramolecular Hbond substituents is 2. The largest absolute Gasteiger partial charge is 0.508 e. The number of halogens is 2. The van der Waals surface area contributed by atoms with E-state index in [1.54, 1.807) is 18.2 Å². The fourth-order valence-electron chi connectivity index (χ4n) is 2.27. The van der Waals surface area contributed by atoms with Crippen LogP contribution in [0, 0.1) is 0 Å². The maximum atomic E-state index is 12.5. The van der Waals surface area contributed by atoms with Crippen molar-refractivity contribution in [3.8, 4) is 11.5 Å². The fraction of sp³-hybridized carbons (Fsp3) is 0.0588. The summed E-state index contributed by atoms with van der Waals surface area (Å²) in [6.07, 6.45) is 1.40. The van der Waals surface area contributed by atoms with Gasteiger partial charge in [0.2, 0.25) is 0 Å². The number of hydrogen-bond acceptors (Lipinski definition) is 5. The number of carbonyl (C=O) groups excluding carboxylic acids is 2. The Labute approximate surface area is 157 Å². The summed E-state index contributed by atoms with van der Waals surface area (Å²) in [7, 11) is 0. The first-order valence-electron chi connectivity index (χ1n) is 7.07. The lowest BCUT2D eigenvalue weighted by Gasteiger charge is -2.14. The first-order valence-corrected chi connectivity index (χ1v) is 8.64. The molecule has 2 aromatic rings. The second-order valence-electron chi connectivity index (χ2n) is 5.21. The van der Waals surface area contributed by atoms with Crippen molar-refractivity contribution >= 4 is 52.2 Å². The highest BCUT2D eigenvalue weighted by Gasteiger charge is 2.35. The Bertz CT molecular complexity index is 893. The first-order chi connectivity index (χ1) is 11.9. The zero-order valence-electron chi connectivity index (χ0n) is 12.6. The van der Waals surface area contributed by atoms with Crippen LogP contribution < -0.4 is 0 Å². The summed E-state index contributed by atoms with van der Waals surface area (Å²) in [4.78, 5) is 25.9. The number of carbonyl (C=O) groups is 2. The standard InChI is InChI=1S/C17H11Cl2NO4S/c18-12-2-1-3-13(19)11(12)8-20-16(23)15(25-17(20)24)6-9-4-5-10(21)7-14(9)22/h1-7,21-22H,8H2/b15-6-. The number of hydrogen-bond donors (Lipinski definition) is 2. The number of benzene rings is 2. The average molecular weight is 396 g/mol. The van der Waals surface area contributed by atoms with E-state index in [0.29, 0.717) is 21.2 Å². The van der Waals surface area contributed by atoms with Gasteiger partial charge in [0, 0.05) is 27.2 Å². The van der Waals surface area contributed by atoms with Gasteiger partial charge in [-0.25, -0.2) is 0 Å². The van der Waals surface area contributed by atoms with Crippen molar-refractivity contribution in [2.24, 2.45) is 0 Å². The second-order valence-corrected chi connectivity index (χ2v) is 7.02. The van der Waals surface area contributed by atoms with E-state index >= 15 is 0 Å². The van der Waals surface area contributed by atoms with E-state index in [-0.39, 0.29) is 22.9 Å². The number of nitrogens with zero attached hydrogens (tertiary/aromatic N) is 1. The molecule has 1 heterocycles. The average Bonchev–Trinajstić information content (AvgIpc) is 2.80. The maximum Gasteiger partial charge on any atom is 0.293 e. The monoisotopic (exact) mass is 395 g/mol. The van der Waals surface area contributed by atoms with E-state index in [9.17, 15) is 19.8 Å². The molecule has 0 saturated carbocycles. The molecule has 0 unspecified atom stereocenters. The van der Waals surface area contributed by atoms with Crippen LogP contribution in [0.15, 0.2) is 41.3 Å². The van der Waals surface area contributed by atoms with Gasteiger partial charge in [-0.15, -0.1) is 0 Å². The molecule has 0 spiro atoms. The van der Waals surface area contributed by atoms with Crippen molar-refractivity contribution in [1.82, 2.24) is 4.90 Å². The lowest BCUT2D eigenvalue weighted by molar-refractivity contribution is -0.123. The van der Waals surface area contributed by atoms with E-state index in [0.717, 1.165) is 22.7 Å². The highest BCUT2D eigenvalue weighted by Crippen LogP contribution is 2.37. The summed E-state index contributed by atoms with van der Waals surface area (Å²) < 4.78 is 0. The minimum Gasteiger partial charge on any atom is -0.508 e. The highest BCUT2D eigenvalue weighted by molar-refractivity contribution is 8.18. The minimum atomic E-state index is -0.501. The minimum absolute atomic E-state index is 0.0396. The molecule has 0 aromatic heterocycles. The van der Waals surface area contributed by atoms with E-state index in [1.165, 1.54) is 18.2 Å². The van der Waals surface area contributed by atoms with Gasteiger partial charge in [-0.3, -0.25) is 14.5 Å². The topological polar surface area (TPSA) is 77.8 Å². The van der Waals surface area contributed by atoms with Crippen LogP contribution in [-0.2, 0) is 11.3 Å². The summed E-state index contributed by atoms with van der Waals surface area (Å²) in [5.74, 6) is -0.796. The molecule has 25 heavy (non-hydrogen) atoms. The van der Waals surface area contributed by atoms with Crippen molar-refractivity contribution in [1.29, 1.82) is 0 Å². The third-order valence-corrected chi connectivity index (χ3v) is 5.17. The van der Waals surface area contributed by atoms with Crippen molar-refractivity contribution in [3.63, 3.8) is 0 Å². The number of aromatic hydroxyl groups is 2. The molecule has 5 nitrogen and oxygen atoms in total. The summed E-state index contributed by atoms with van der Waals surface area (Å²) in [6.45, 7) is -0.0396. The van der Waals surface area contributed by atoms with Crippen LogP contribution in [0.3, 0.4) is 0 Å². The Morgan fingerprint density at radius 3 is 2.40 bits per heavy atom. The molecule has 1 fully saturated rings. The van der Waals surface area contributed by atoms with Gasteiger partial charge in [0.25, 0.3) is 11.1 Å². The Morgan fingerprint density at radius 2 is 1.76 bits per heavy atom. The number of imide groups is 1. The number of amides is 2. The zero-order valence-corrected chi connectivity index (χ0v) is 14.9. The van der Waals surface area contributed by atoms with Gasteiger partial charge >= 0.3 is 0 Å². The van der Waals surface area contributed by atoms with Crippen LogP contribution in [0.1, 0.15) is 11.1 Å². The number of thioether (sulfide) groups is 1. The lowest BCUT2D eigenvalue weighted by atomic mass is 10.1. The molecule has 128 valence electrons. The van der Waals surface area contributed by atoms with E-state index in [2.05, 4.69) is 0 Å². The molecule has 3 rings (SSSR count). The van der Waals surface area contributed by atoms with Crippen LogP contribution >= 0.6 is 35.0 Å². The van der Waals surface area contributed by atoms with Gasteiger partial charge in [-0.05, 0) is 42.1 Å². The molecule has 0 bridgehead atoms. The van der Waals surface area contributed by atoms with Gasteiger partial charge in [0.15, 0.2) is 0 Å². The Balaban J connectivity index is 1.89. The summed E-state index contributed by atoms with van der Waals surface area (Å²) >= 11 is 12.9. The Hall–Kier alpha value is -2.15. The number of rotatable bonds is 3. The van der Waals surface area contributed by atoms with Gasteiger partial charge in [-0.2, -0.15) is 0 Å². The normalized spacial score (nSPS) is 16.1. The van der Waals surface area contributed by atoms with Crippen molar-refractivity contribution in [2.45, 2.75) is 6.54 Å². The maximum absolute atomic E-state index is 12.5. The van der Waals surface area contributed by atoms with E-state index in [1.807, 2.05) is 0 Å². The first kappa shape index (κ1) is 17.7. The molecule has 2 N–H and O–H groups in total. The molecule has 1 saturated heterocycles. The SMILES string of the molecule is O=C1S/C(=C\c2ccc(O)cc2O)C(=O)N1Cc1c(Cl)cccc1Cl. The Morgan fingerprint density at radius 1 is 1.08 bits per heavy atom. The molecular weight excluding hydrogens is 385 g/mol. The smallest absolute Gasteiger partial charge is 0.293 e. The summed E-state index contributed by atoms with van der Waals surface area (Å²) in [5, 5.41) is 19.4. The van der Waals surface area contributed by atoms with Gasteiger partial charge in [-0.1, -0.05) is 29.3 Å². The number of phenols is 2. The van der Waals surface area contributed by atoms with E-state index < -0.39 is 11.1 Å².